The van der Waals surface area contributed by atoms with E-state index in [9.17, 15) is 14.4 Å². The molecule has 172 valence electrons. The lowest BCUT2D eigenvalue weighted by Gasteiger charge is -2.13. The van der Waals surface area contributed by atoms with Crippen molar-refractivity contribution in [1.82, 2.24) is 4.90 Å². The Morgan fingerprint density at radius 3 is 2.21 bits per heavy atom. The number of imide groups is 1. The van der Waals surface area contributed by atoms with Gasteiger partial charge in [0, 0.05) is 15.5 Å². The number of amides is 3. The SMILES string of the molecule is Cc1ccc(Sc2ccc(/C=C3\SC(=O)N(CC(=O)Nc4ccc(C)c(C)c4)C3=O)cc2)cc1. The number of aryl methyl sites for hydroxylation is 3. The highest BCUT2D eigenvalue weighted by Crippen LogP contribution is 2.33. The van der Waals surface area contributed by atoms with Crippen LogP contribution in [-0.4, -0.2) is 28.5 Å². The molecule has 1 saturated heterocycles. The van der Waals surface area contributed by atoms with Crippen molar-refractivity contribution in [2.24, 2.45) is 0 Å². The molecule has 5 nitrogen and oxygen atoms in total. The van der Waals surface area contributed by atoms with Crippen LogP contribution in [0, 0.1) is 20.8 Å². The number of hydrogen-bond acceptors (Lipinski definition) is 5. The zero-order valence-corrected chi connectivity index (χ0v) is 20.8. The van der Waals surface area contributed by atoms with Gasteiger partial charge in [-0.05, 0) is 91.7 Å². The molecule has 0 aliphatic carbocycles. The van der Waals surface area contributed by atoms with Gasteiger partial charge in [-0.1, -0.05) is 47.7 Å². The van der Waals surface area contributed by atoms with Crippen molar-refractivity contribution in [3.63, 3.8) is 0 Å². The molecule has 0 aromatic heterocycles. The van der Waals surface area contributed by atoms with Crippen molar-refractivity contribution in [1.29, 1.82) is 0 Å². The summed E-state index contributed by atoms with van der Waals surface area (Å²) in [5.74, 6) is -0.868. The average molecular weight is 489 g/mol. The van der Waals surface area contributed by atoms with Crippen LogP contribution in [0.15, 0.2) is 81.4 Å². The largest absolute Gasteiger partial charge is 0.325 e. The minimum Gasteiger partial charge on any atom is -0.325 e. The minimum absolute atomic E-state index is 0.308. The van der Waals surface area contributed by atoms with Crippen LogP contribution in [0.25, 0.3) is 6.08 Å². The molecule has 4 rings (SSSR count). The molecule has 34 heavy (non-hydrogen) atoms. The molecule has 1 N–H and O–H groups in total. The summed E-state index contributed by atoms with van der Waals surface area (Å²) in [6.07, 6.45) is 1.69. The topological polar surface area (TPSA) is 66.5 Å². The van der Waals surface area contributed by atoms with Gasteiger partial charge in [-0.25, -0.2) is 0 Å². The first-order chi connectivity index (χ1) is 16.3. The highest BCUT2D eigenvalue weighted by Gasteiger charge is 2.36. The maximum Gasteiger partial charge on any atom is 0.294 e. The molecule has 0 saturated carbocycles. The van der Waals surface area contributed by atoms with E-state index < -0.39 is 17.1 Å². The Morgan fingerprint density at radius 1 is 0.912 bits per heavy atom. The predicted octanol–water partition coefficient (Wildman–Crippen LogP) is 6.44. The van der Waals surface area contributed by atoms with Crippen molar-refractivity contribution >= 4 is 52.3 Å². The number of nitrogens with zero attached hydrogens (tertiary/aromatic N) is 1. The van der Waals surface area contributed by atoms with Crippen LogP contribution in [0.2, 0.25) is 0 Å². The minimum atomic E-state index is -0.455. The molecule has 1 aliphatic rings. The summed E-state index contributed by atoms with van der Waals surface area (Å²) in [5.41, 5.74) is 4.85. The molecule has 0 bridgehead atoms. The molecule has 0 unspecified atom stereocenters. The average Bonchev–Trinajstić information content (AvgIpc) is 3.06. The van der Waals surface area contributed by atoms with Crippen molar-refractivity contribution in [3.05, 3.63) is 93.9 Å². The number of anilines is 1. The summed E-state index contributed by atoms with van der Waals surface area (Å²) in [6, 6.07) is 21.7. The second-order valence-electron chi connectivity index (χ2n) is 8.10. The summed E-state index contributed by atoms with van der Waals surface area (Å²) in [4.78, 5) is 41.1. The zero-order valence-electron chi connectivity index (χ0n) is 19.1. The van der Waals surface area contributed by atoms with Crippen molar-refractivity contribution < 1.29 is 14.4 Å². The Morgan fingerprint density at radius 2 is 1.56 bits per heavy atom. The first-order valence-electron chi connectivity index (χ1n) is 10.8. The molecule has 1 heterocycles. The van der Waals surface area contributed by atoms with E-state index in [0.717, 1.165) is 43.1 Å². The molecule has 7 heteroatoms. The van der Waals surface area contributed by atoms with Gasteiger partial charge in [0.25, 0.3) is 11.1 Å². The van der Waals surface area contributed by atoms with Gasteiger partial charge >= 0.3 is 0 Å². The van der Waals surface area contributed by atoms with Gasteiger partial charge in [0.05, 0.1) is 4.91 Å². The van der Waals surface area contributed by atoms with E-state index in [1.807, 2.05) is 50.2 Å². The van der Waals surface area contributed by atoms with E-state index in [1.165, 1.54) is 5.56 Å². The number of thioether (sulfide) groups is 1. The lowest BCUT2D eigenvalue weighted by Crippen LogP contribution is -2.36. The molecule has 0 radical (unpaired) electrons. The third kappa shape index (κ3) is 5.79. The maximum atomic E-state index is 12.8. The molecule has 3 aromatic rings. The molecular weight excluding hydrogens is 464 g/mol. The second kappa shape index (κ2) is 10.3. The van der Waals surface area contributed by atoms with Crippen LogP contribution in [0.1, 0.15) is 22.3 Å². The number of carbonyl (C=O) groups is 3. The first-order valence-corrected chi connectivity index (χ1v) is 12.4. The van der Waals surface area contributed by atoms with E-state index in [2.05, 4.69) is 36.5 Å². The lowest BCUT2D eigenvalue weighted by molar-refractivity contribution is -0.127. The molecule has 0 spiro atoms. The third-order valence-electron chi connectivity index (χ3n) is 5.40. The Balaban J connectivity index is 1.39. The molecule has 3 amide bonds. The smallest absolute Gasteiger partial charge is 0.294 e. The molecule has 1 aliphatic heterocycles. The van der Waals surface area contributed by atoms with Crippen LogP contribution >= 0.6 is 23.5 Å². The summed E-state index contributed by atoms with van der Waals surface area (Å²) in [5, 5.41) is 2.31. The summed E-state index contributed by atoms with van der Waals surface area (Å²) < 4.78 is 0. The first kappa shape index (κ1) is 23.9. The number of hydrogen-bond donors (Lipinski definition) is 1. The van der Waals surface area contributed by atoms with Gasteiger partial charge in [0.1, 0.15) is 6.54 Å². The highest BCUT2D eigenvalue weighted by atomic mass is 32.2. The predicted molar refractivity (Wildman–Crippen MR) is 139 cm³/mol. The van der Waals surface area contributed by atoms with E-state index in [0.29, 0.717) is 10.6 Å². The molecular formula is C27H24N2O3S2. The summed E-state index contributed by atoms with van der Waals surface area (Å²) >= 11 is 2.51. The summed E-state index contributed by atoms with van der Waals surface area (Å²) in [7, 11) is 0. The Hall–Kier alpha value is -3.29. The van der Waals surface area contributed by atoms with Gasteiger partial charge in [-0.3, -0.25) is 19.3 Å². The monoisotopic (exact) mass is 488 g/mol. The second-order valence-corrected chi connectivity index (χ2v) is 10.2. The number of nitrogens with one attached hydrogen (secondary N) is 1. The normalized spacial score (nSPS) is 14.7. The van der Waals surface area contributed by atoms with Crippen molar-refractivity contribution in [2.45, 2.75) is 30.6 Å². The van der Waals surface area contributed by atoms with Crippen LogP contribution in [0.4, 0.5) is 10.5 Å². The van der Waals surface area contributed by atoms with Crippen LogP contribution in [-0.2, 0) is 9.59 Å². The van der Waals surface area contributed by atoms with Gasteiger partial charge in [0.15, 0.2) is 0 Å². The van der Waals surface area contributed by atoms with Gasteiger partial charge in [-0.2, -0.15) is 0 Å². The van der Waals surface area contributed by atoms with E-state index in [1.54, 1.807) is 23.9 Å². The van der Waals surface area contributed by atoms with Gasteiger partial charge in [0.2, 0.25) is 5.91 Å². The third-order valence-corrected chi connectivity index (χ3v) is 7.32. The molecule has 0 atom stereocenters. The maximum absolute atomic E-state index is 12.8. The number of carbonyl (C=O) groups excluding carboxylic acids is 3. The standard InChI is InChI=1S/C27H24N2O3S2/c1-17-4-10-22(11-5-17)33-23-12-7-20(8-13-23)15-24-26(31)29(27(32)34-24)16-25(30)28-21-9-6-18(2)19(3)14-21/h4-15H,16H2,1-3H3,(H,28,30)/b24-15-. The highest BCUT2D eigenvalue weighted by molar-refractivity contribution is 8.18. The van der Waals surface area contributed by atoms with Crippen LogP contribution in [0.5, 0.6) is 0 Å². The molecule has 3 aromatic carbocycles. The van der Waals surface area contributed by atoms with E-state index in [-0.39, 0.29) is 6.54 Å². The summed E-state index contributed by atoms with van der Waals surface area (Å²) in [6.45, 7) is 5.69. The van der Waals surface area contributed by atoms with E-state index >= 15 is 0 Å². The lowest BCUT2D eigenvalue weighted by atomic mass is 10.1. The van der Waals surface area contributed by atoms with Gasteiger partial charge in [-0.15, -0.1) is 0 Å². The number of rotatable bonds is 6. The van der Waals surface area contributed by atoms with Gasteiger partial charge < -0.3 is 5.32 Å². The Kier molecular flexibility index (Phi) is 7.24. The quantitative estimate of drug-likeness (QED) is 0.405. The molecule has 1 fully saturated rings. The van der Waals surface area contributed by atoms with Crippen LogP contribution in [0.3, 0.4) is 0 Å². The fourth-order valence-corrected chi connectivity index (χ4v) is 4.98. The van der Waals surface area contributed by atoms with Crippen molar-refractivity contribution in [3.8, 4) is 0 Å². The van der Waals surface area contributed by atoms with Crippen LogP contribution < -0.4 is 5.32 Å². The fraction of sp³-hybridized carbons (Fsp3) is 0.148. The Labute approximate surface area is 207 Å². The zero-order chi connectivity index (χ0) is 24.2. The Bertz CT molecular complexity index is 1280. The van der Waals surface area contributed by atoms with E-state index in [4.69, 9.17) is 0 Å². The fourth-order valence-electron chi connectivity index (χ4n) is 3.33. The number of benzene rings is 3. The van der Waals surface area contributed by atoms with Crippen molar-refractivity contribution in [2.75, 3.05) is 11.9 Å².